The molecule has 0 saturated heterocycles. The molecule has 0 radical (unpaired) electrons. The van der Waals surface area contributed by atoms with E-state index in [9.17, 15) is 10.1 Å². The molecular weight excluding hydrogens is 210 g/mol. The molecule has 0 fully saturated rings. The molecule has 1 rings (SSSR count). The summed E-state index contributed by atoms with van der Waals surface area (Å²) >= 11 is 0. The van der Waals surface area contributed by atoms with E-state index in [1.54, 1.807) is 19.1 Å². The van der Waals surface area contributed by atoms with Gasteiger partial charge in [-0.2, -0.15) is 0 Å². The summed E-state index contributed by atoms with van der Waals surface area (Å²) in [4.78, 5) is 10.4. The lowest BCUT2D eigenvalue weighted by Crippen LogP contribution is -2.01. The van der Waals surface area contributed by atoms with Crippen molar-refractivity contribution in [2.75, 3.05) is 13.7 Å². The Hall–Kier alpha value is -2.04. The molecule has 0 bridgehead atoms. The molecule has 0 spiro atoms. The zero-order valence-electron chi connectivity index (χ0n) is 9.23. The Morgan fingerprint density at radius 3 is 2.69 bits per heavy atom. The van der Waals surface area contributed by atoms with Gasteiger partial charge in [0.1, 0.15) is 0 Å². The van der Waals surface area contributed by atoms with Gasteiger partial charge in [0.25, 0.3) is 0 Å². The van der Waals surface area contributed by atoms with Gasteiger partial charge in [-0.1, -0.05) is 12.7 Å². The molecule has 86 valence electrons. The van der Waals surface area contributed by atoms with Crippen LogP contribution >= 0.6 is 0 Å². The molecule has 0 amide bonds. The first kappa shape index (κ1) is 12.0. The van der Waals surface area contributed by atoms with E-state index in [-0.39, 0.29) is 11.4 Å². The van der Waals surface area contributed by atoms with Crippen LogP contribution in [-0.4, -0.2) is 18.6 Å². The van der Waals surface area contributed by atoms with Crippen LogP contribution < -0.4 is 9.47 Å². The predicted octanol–water partition coefficient (Wildman–Crippen LogP) is 2.65. The maximum atomic E-state index is 10.9. The second-order valence-corrected chi connectivity index (χ2v) is 2.93. The van der Waals surface area contributed by atoms with E-state index in [2.05, 4.69) is 6.58 Å². The van der Waals surface area contributed by atoms with Crippen molar-refractivity contribution in [2.45, 2.75) is 6.92 Å². The van der Waals surface area contributed by atoms with Gasteiger partial charge in [0.05, 0.1) is 24.2 Å². The molecule has 0 unspecified atom stereocenters. The van der Waals surface area contributed by atoms with E-state index in [0.29, 0.717) is 17.9 Å². The lowest BCUT2D eigenvalue weighted by molar-refractivity contribution is -0.386. The van der Waals surface area contributed by atoms with Crippen molar-refractivity contribution in [1.82, 2.24) is 0 Å². The van der Waals surface area contributed by atoms with Crippen molar-refractivity contribution in [1.29, 1.82) is 0 Å². The Labute approximate surface area is 93.4 Å². The number of rotatable bonds is 5. The van der Waals surface area contributed by atoms with Crippen molar-refractivity contribution >= 4 is 11.8 Å². The van der Waals surface area contributed by atoms with Crippen LogP contribution in [-0.2, 0) is 0 Å². The average Bonchev–Trinajstić information content (AvgIpc) is 2.28. The quantitative estimate of drug-likeness (QED) is 0.568. The van der Waals surface area contributed by atoms with Crippen molar-refractivity contribution in [3.05, 3.63) is 34.4 Å². The minimum atomic E-state index is -0.502. The largest absolute Gasteiger partial charge is 0.490 e. The van der Waals surface area contributed by atoms with Gasteiger partial charge in [0.2, 0.25) is 5.75 Å². The molecule has 1 aromatic rings. The maximum absolute atomic E-state index is 10.9. The van der Waals surface area contributed by atoms with Crippen molar-refractivity contribution in [3.8, 4) is 11.5 Å². The smallest absolute Gasteiger partial charge is 0.321 e. The molecule has 0 N–H and O–H groups in total. The molecule has 5 nitrogen and oxygen atoms in total. The van der Waals surface area contributed by atoms with Crippen LogP contribution in [0, 0.1) is 10.1 Å². The van der Waals surface area contributed by atoms with Crippen molar-refractivity contribution in [2.24, 2.45) is 0 Å². The normalized spacial score (nSPS) is 9.62. The van der Waals surface area contributed by atoms with Crippen LogP contribution in [0.2, 0.25) is 0 Å². The number of nitro benzene ring substituents is 1. The molecule has 0 aliphatic heterocycles. The van der Waals surface area contributed by atoms with Gasteiger partial charge in [-0.15, -0.1) is 0 Å². The van der Waals surface area contributed by atoms with E-state index < -0.39 is 4.92 Å². The van der Waals surface area contributed by atoms with E-state index in [1.807, 2.05) is 0 Å². The SMILES string of the molecule is C=Cc1ccc(OCC)c(OC)c1[N+](=O)[O-]. The predicted molar refractivity (Wildman–Crippen MR) is 60.9 cm³/mol. The van der Waals surface area contributed by atoms with Gasteiger partial charge < -0.3 is 9.47 Å². The second kappa shape index (κ2) is 5.16. The van der Waals surface area contributed by atoms with Crippen molar-refractivity contribution in [3.63, 3.8) is 0 Å². The first-order chi connectivity index (χ1) is 7.65. The third-order valence-electron chi connectivity index (χ3n) is 2.03. The molecule has 5 heteroatoms. The Kier molecular flexibility index (Phi) is 3.88. The van der Waals surface area contributed by atoms with E-state index in [1.165, 1.54) is 13.2 Å². The molecule has 0 atom stereocenters. The zero-order chi connectivity index (χ0) is 12.1. The monoisotopic (exact) mass is 223 g/mol. The highest BCUT2D eigenvalue weighted by Gasteiger charge is 2.23. The Morgan fingerprint density at radius 1 is 1.56 bits per heavy atom. The molecule has 0 aliphatic rings. The minimum absolute atomic E-state index is 0.122. The second-order valence-electron chi connectivity index (χ2n) is 2.93. The van der Waals surface area contributed by atoms with Crippen LogP contribution in [0.5, 0.6) is 11.5 Å². The lowest BCUT2D eigenvalue weighted by Gasteiger charge is -2.10. The highest BCUT2D eigenvalue weighted by molar-refractivity contribution is 5.69. The first-order valence-corrected chi connectivity index (χ1v) is 4.76. The van der Waals surface area contributed by atoms with Gasteiger partial charge in [-0.05, 0) is 19.1 Å². The van der Waals surface area contributed by atoms with Gasteiger partial charge in [-0.25, -0.2) is 0 Å². The van der Waals surface area contributed by atoms with E-state index in [4.69, 9.17) is 9.47 Å². The summed E-state index contributed by atoms with van der Waals surface area (Å²) in [5, 5.41) is 10.9. The van der Waals surface area contributed by atoms with Crippen LogP contribution in [0.1, 0.15) is 12.5 Å². The molecule has 0 heterocycles. The van der Waals surface area contributed by atoms with Crippen LogP contribution in [0.4, 0.5) is 5.69 Å². The summed E-state index contributed by atoms with van der Waals surface area (Å²) in [6.45, 7) is 5.74. The topological polar surface area (TPSA) is 61.6 Å². The average molecular weight is 223 g/mol. The maximum Gasteiger partial charge on any atom is 0.321 e. The molecule has 1 aromatic carbocycles. The fraction of sp³-hybridized carbons (Fsp3) is 0.273. The molecular formula is C11H13NO4. The number of nitro groups is 1. The third-order valence-corrected chi connectivity index (χ3v) is 2.03. The molecule has 0 aliphatic carbocycles. The summed E-state index contributed by atoms with van der Waals surface area (Å²) in [6.07, 6.45) is 1.41. The number of ether oxygens (including phenoxy) is 2. The molecule has 0 aromatic heterocycles. The highest BCUT2D eigenvalue weighted by Crippen LogP contribution is 2.39. The Bertz CT molecular complexity index is 415. The van der Waals surface area contributed by atoms with E-state index in [0.717, 1.165) is 0 Å². The molecule has 16 heavy (non-hydrogen) atoms. The number of nitrogens with zero attached hydrogens (tertiary/aromatic N) is 1. The lowest BCUT2D eigenvalue weighted by atomic mass is 10.1. The molecule has 0 saturated carbocycles. The summed E-state index contributed by atoms with van der Waals surface area (Å²) < 4.78 is 10.3. The fourth-order valence-corrected chi connectivity index (χ4v) is 1.39. The van der Waals surface area contributed by atoms with E-state index >= 15 is 0 Å². The minimum Gasteiger partial charge on any atom is -0.490 e. The summed E-state index contributed by atoms with van der Waals surface area (Å²) in [7, 11) is 1.37. The number of hydrogen-bond donors (Lipinski definition) is 0. The van der Waals surface area contributed by atoms with Crippen LogP contribution in [0.25, 0.3) is 6.08 Å². The summed E-state index contributed by atoms with van der Waals surface area (Å²) in [5.41, 5.74) is 0.286. The van der Waals surface area contributed by atoms with Gasteiger partial charge in [0, 0.05) is 0 Å². The zero-order valence-corrected chi connectivity index (χ0v) is 9.23. The van der Waals surface area contributed by atoms with Crippen LogP contribution in [0.15, 0.2) is 18.7 Å². The highest BCUT2D eigenvalue weighted by atomic mass is 16.6. The van der Waals surface area contributed by atoms with Gasteiger partial charge in [0.15, 0.2) is 5.75 Å². The summed E-state index contributed by atoms with van der Waals surface area (Å²) in [6, 6.07) is 3.21. The fourth-order valence-electron chi connectivity index (χ4n) is 1.39. The van der Waals surface area contributed by atoms with Gasteiger partial charge in [-0.3, -0.25) is 10.1 Å². The number of hydrogen-bond acceptors (Lipinski definition) is 4. The Morgan fingerprint density at radius 2 is 2.25 bits per heavy atom. The standard InChI is InChI=1S/C11H13NO4/c1-4-8-6-7-9(16-5-2)11(15-3)10(8)12(13)14/h4,6-7H,1,5H2,2-3H3. The first-order valence-electron chi connectivity index (χ1n) is 4.76. The van der Waals surface area contributed by atoms with Crippen molar-refractivity contribution < 1.29 is 14.4 Å². The van der Waals surface area contributed by atoms with Gasteiger partial charge >= 0.3 is 5.69 Å². The van der Waals surface area contributed by atoms with Crippen LogP contribution in [0.3, 0.4) is 0 Å². The third kappa shape index (κ3) is 2.13. The summed E-state index contributed by atoms with van der Waals surface area (Å²) in [5.74, 6) is 0.492. The number of methoxy groups -OCH3 is 1. The Balaban J connectivity index is 3.42. The number of benzene rings is 1.